The van der Waals surface area contributed by atoms with Gasteiger partial charge >= 0.3 is 0 Å². The molecule has 0 aliphatic carbocycles. The molecule has 1 heterocycles. The number of hydrogen-bond acceptors (Lipinski definition) is 2. The molecule has 0 bridgehead atoms. The van der Waals surface area contributed by atoms with Gasteiger partial charge in [0, 0.05) is 20.1 Å². The second-order valence-corrected chi connectivity index (χ2v) is 3.05. The minimum Gasteiger partial charge on any atom is -0.394 e. The molecule has 1 rings (SSSR count). The van der Waals surface area contributed by atoms with Crippen LogP contribution in [0.3, 0.4) is 0 Å². The zero-order valence-electron chi connectivity index (χ0n) is 7.64. The van der Waals surface area contributed by atoms with Gasteiger partial charge < -0.3 is 10.2 Å². The van der Waals surface area contributed by atoms with Crippen molar-refractivity contribution in [3.8, 4) is 0 Å². The summed E-state index contributed by atoms with van der Waals surface area (Å²) in [6.45, 7) is 2.10. The maximum Gasteiger partial charge on any atom is 0.122 e. The average Bonchev–Trinajstić information content (AvgIpc) is 2.15. The van der Waals surface area contributed by atoms with Crippen LogP contribution in [0.5, 0.6) is 0 Å². The third-order valence-corrected chi connectivity index (χ3v) is 2.10. The van der Waals surface area contributed by atoms with E-state index < -0.39 is 0 Å². The Morgan fingerprint density at radius 2 is 2.00 bits per heavy atom. The lowest BCUT2D eigenvalue weighted by atomic mass is 10.1. The maximum atomic E-state index is 7.69. The van der Waals surface area contributed by atoms with Crippen molar-refractivity contribution >= 4 is 5.84 Å². The Morgan fingerprint density at radius 1 is 1.33 bits per heavy atom. The van der Waals surface area contributed by atoms with E-state index in [-0.39, 0.29) is 0 Å². The van der Waals surface area contributed by atoms with Gasteiger partial charge in [0.25, 0.3) is 0 Å². The van der Waals surface area contributed by atoms with Crippen LogP contribution in [0.4, 0.5) is 0 Å². The molecule has 1 saturated heterocycles. The van der Waals surface area contributed by atoms with Crippen molar-refractivity contribution in [2.24, 2.45) is 0 Å². The van der Waals surface area contributed by atoms with Crippen molar-refractivity contribution < 1.29 is 0 Å². The first-order valence-electron chi connectivity index (χ1n) is 4.52. The van der Waals surface area contributed by atoms with Crippen molar-refractivity contribution in [3.05, 3.63) is 12.3 Å². The summed E-state index contributed by atoms with van der Waals surface area (Å²) in [5.41, 5.74) is 0. The molecular formula is C9H17N3. The molecule has 1 aliphatic heterocycles. The van der Waals surface area contributed by atoms with E-state index in [9.17, 15) is 0 Å². The lowest BCUT2D eigenvalue weighted by molar-refractivity contribution is 0.342. The SMILES string of the molecule is CN/C=C\C(=N)N1CCCCC1. The second kappa shape index (κ2) is 4.80. The highest BCUT2D eigenvalue weighted by Gasteiger charge is 2.10. The van der Waals surface area contributed by atoms with Crippen LogP contribution in [-0.4, -0.2) is 30.9 Å². The zero-order valence-corrected chi connectivity index (χ0v) is 7.64. The van der Waals surface area contributed by atoms with Crippen molar-refractivity contribution in [1.29, 1.82) is 5.41 Å². The highest BCUT2D eigenvalue weighted by atomic mass is 15.2. The molecule has 0 radical (unpaired) electrons. The smallest absolute Gasteiger partial charge is 0.122 e. The fourth-order valence-electron chi connectivity index (χ4n) is 1.40. The number of hydrogen-bond donors (Lipinski definition) is 2. The summed E-state index contributed by atoms with van der Waals surface area (Å²) in [6.07, 6.45) is 7.40. The standard InChI is InChI=1S/C9H17N3/c1-11-6-5-9(10)12-7-3-2-4-8-12/h5-6,10-11H,2-4,7-8H2,1H3/b6-5-,10-9?. The molecule has 2 N–H and O–H groups in total. The van der Waals surface area contributed by atoms with Crippen LogP contribution in [-0.2, 0) is 0 Å². The van der Waals surface area contributed by atoms with Crippen LogP contribution < -0.4 is 5.32 Å². The number of nitrogens with zero attached hydrogens (tertiary/aromatic N) is 1. The fourth-order valence-corrected chi connectivity index (χ4v) is 1.40. The fraction of sp³-hybridized carbons (Fsp3) is 0.667. The van der Waals surface area contributed by atoms with E-state index in [0.29, 0.717) is 5.84 Å². The third-order valence-electron chi connectivity index (χ3n) is 2.10. The second-order valence-electron chi connectivity index (χ2n) is 3.05. The van der Waals surface area contributed by atoms with Crippen LogP contribution in [0.15, 0.2) is 12.3 Å². The summed E-state index contributed by atoms with van der Waals surface area (Å²) in [5.74, 6) is 0.629. The first-order chi connectivity index (χ1) is 5.84. The summed E-state index contributed by atoms with van der Waals surface area (Å²) in [7, 11) is 1.85. The molecule has 0 spiro atoms. The number of amidine groups is 1. The quantitative estimate of drug-likeness (QED) is 0.479. The number of likely N-dealkylation sites (tertiary alicyclic amines) is 1. The van der Waals surface area contributed by atoms with Crippen molar-refractivity contribution in [2.75, 3.05) is 20.1 Å². The first-order valence-corrected chi connectivity index (χ1v) is 4.52. The summed E-state index contributed by atoms with van der Waals surface area (Å²) in [6, 6.07) is 0. The molecule has 1 fully saturated rings. The van der Waals surface area contributed by atoms with Gasteiger partial charge in [-0.1, -0.05) is 0 Å². The van der Waals surface area contributed by atoms with Gasteiger partial charge in [0.1, 0.15) is 5.84 Å². The largest absolute Gasteiger partial charge is 0.394 e. The van der Waals surface area contributed by atoms with E-state index in [1.54, 1.807) is 6.20 Å². The van der Waals surface area contributed by atoms with Gasteiger partial charge in [-0.05, 0) is 31.5 Å². The highest BCUT2D eigenvalue weighted by molar-refractivity contribution is 5.90. The van der Waals surface area contributed by atoms with Gasteiger partial charge in [-0.2, -0.15) is 0 Å². The molecular weight excluding hydrogens is 150 g/mol. The van der Waals surface area contributed by atoms with Gasteiger partial charge in [0.15, 0.2) is 0 Å². The Morgan fingerprint density at radius 3 is 2.58 bits per heavy atom. The lowest BCUT2D eigenvalue weighted by Gasteiger charge is -2.27. The molecule has 0 aromatic carbocycles. The molecule has 0 aromatic heterocycles. The van der Waals surface area contributed by atoms with Crippen LogP contribution in [0, 0.1) is 5.41 Å². The van der Waals surface area contributed by atoms with E-state index >= 15 is 0 Å². The number of piperidine rings is 1. The molecule has 3 heteroatoms. The Bertz CT molecular complexity index is 169. The molecule has 0 aromatic rings. The van der Waals surface area contributed by atoms with Crippen LogP contribution >= 0.6 is 0 Å². The van der Waals surface area contributed by atoms with Gasteiger partial charge in [-0.25, -0.2) is 0 Å². The first kappa shape index (κ1) is 9.10. The van der Waals surface area contributed by atoms with Crippen molar-refractivity contribution in [1.82, 2.24) is 10.2 Å². The molecule has 12 heavy (non-hydrogen) atoms. The third kappa shape index (κ3) is 2.57. The summed E-state index contributed by atoms with van der Waals surface area (Å²) in [5, 5.41) is 10.6. The molecule has 1 aliphatic rings. The van der Waals surface area contributed by atoms with Gasteiger partial charge in [-0.3, -0.25) is 5.41 Å². The number of rotatable bonds is 2. The van der Waals surface area contributed by atoms with Gasteiger partial charge in [0.2, 0.25) is 0 Å². The van der Waals surface area contributed by atoms with Crippen LogP contribution in [0.2, 0.25) is 0 Å². The van der Waals surface area contributed by atoms with Crippen molar-refractivity contribution in [3.63, 3.8) is 0 Å². The minimum atomic E-state index is 0.629. The molecule has 0 saturated carbocycles. The average molecular weight is 167 g/mol. The van der Waals surface area contributed by atoms with E-state index in [2.05, 4.69) is 10.2 Å². The van der Waals surface area contributed by atoms with E-state index in [1.807, 2.05) is 13.1 Å². The molecule has 0 amide bonds. The summed E-state index contributed by atoms with van der Waals surface area (Å²) < 4.78 is 0. The van der Waals surface area contributed by atoms with Crippen molar-refractivity contribution in [2.45, 2.75) is 19.3 Å². The molecule has 68 valence electrons. The van der Waals surface area contributed by atoms with Crippen LogP contribution in [0.25, 0.3) is 0 Å². The van der Waals surface area contributed by atoms with Gasteiger partial charge in [0.05, 0.1) is 0 Å². The zero-order chi connectivity index (χ0) is 8.81. The lowest BCUT2D eigenvalue weighted by Crippen LogP contribution is -2.34. The molecule has 0 unspecified atom stereocenters. The summed E-state index contributed by atoms with van der Waals surface area (Å²) in [4.78, 5) is 2.12. The predicted octanol–water partition coefficient (Wildman–Crippen LogP) is 1.18. The normalized spacial score (nSPS) is 18.2. The Kier molecular flexibility index (Phi) is 3.64. The Labute approximate surface area is 74.0 Å². The Hall–Kier alpha value is -0.990. The Balaban J connectivity index is 2.34. The molecule has 3 nitrogen and oxygen atoms in total. The van der Waals surface area contributed by atoms with E-state index in [1.165, 1.54) is 19.3 Å². The van der Waals surface area contributed by atoms with E-state index in [0.717, 1.165) is 13.1 Å². The number of nitrogens with one attached hydrogen (secondary N) is 2. The topological polar surface area (TPSA) is 39.1 Å². The van der Waals surface area contributed by atoms with E-state index in [4.69, 9.17) is 5.41 Å². The van der Waals surface area contributed by atoms with Gasteiger partial charge in [-0.15, -0.1) is 0 Å². The van der Waals surface area contributed by atoms with Crippen LogP contribution in [0.1, 0.15) is 19.3 Å². The highest BCUT2D eigenvalue weighted by Crippen LogP contribution is 2.08. The maximum absolute atomic E-state index is 7.69. The monoisotopic (exact) mass is 167 g/mol. The minimum absolute atomic E-state index is 0.629. The predicted molar refractivity (Wildman–Crippen MR) is 51.4 cm³/mol. The summed E-state index contributed by atoms with van der Waals surface area (Å²) >= 11 is 0. The molecule has 0 atom stereocenters.